The summed E-state index contributed by atoms with van der Waals surface area (Å²) in [7, 11) is 1.36. The van der Waals surface area contributed by atoms with E-state index in [2.05, 4.69) is 15.0 Å². The molecule has 0 aliphatic heterocycles. The third kappa shape index (κ3) is 3.21. The molecule has 0 aromatic carbocycles. The van der Waals surface area contributed by atoms with Gasteiger partial charge in [0.05, 0.1) is 19.2 Å². The number of aromatic nitrogens is 1. The Labute approximate surface area is 146 Å². The largest absolute Gasteiger partial charge is 0.469 e. The molecule has 1 amide bonds. The highest BCUT2D eigenvalue weighted by atomic mass is 32.1. The predicted molar refractivity (Wildman–Crippen MR) is 91.7 cm³/mol. The molecular formula is C18H24N2O3S. The molecule has 0 saturated heterocycles. The van der Waals surface area contributed by atoms with Crippen molar-refractivity contribution in [2.45, 2.75) is 51.4 Å². The summed E-state index contributed by atoms with van der Waals surface area (Å²) in [6.45, 7) is 0. The van der Waals surface area contributed by atoms with Gasteiger partial charge in [-0.3, -0.25) is 9.59 Å². The van der Waals surface area contributed by atoms with Crippen molar-refractivity contribution in [2.24, 2.45) is 23.2 Å². The van der Waals surface area contributed by atoms with Crippen LogP contribution in [0.3, 0.4) is 0 Å². The molecule has 1 aromatic heterocycles. The van der Waals surface area contributed by atoms with Crippen molar-refractivity contribution in [3.8, 4) is 0 Å². The summed E-state index contributed by atoms with van der Waals surface area (Å²) in [6, 6.07) is 0. The van der Waals surface area contributed by atoms with Gasteiger partial charge in [-0.2, -0.15) is 0 Å². The van der Waals surface area contributed by atoms with E-state index >= 15 is 0 Å². The fourth-order valence-electron chi connectivity index (χ4n) is 5.68. The van der Waals surface area contributed by atoms with Gasteiger partial charge in [0, 0.05) is 11.8 Å². The van der Waals surface area contributed by atoms with Crippen molar-refractivity contribution in [3.05, 3.63) is 11.1 Å². The lowest BCUT2D eigenvalue weighted by molar-refractivity contribution is -0.139. The van der Waals surface area contributed by atoms with Crippen LogP contribution >= 0.6 is 11.3 Å². The number of anilines is 1. The minimum Gasteiger partial charge on any atom is -0.469 e. The zero-order valence-corrected chi connectivity index (χ0v) is 14.9. The number of carbonyl (C=O) groups excluding carboxylic acids is 2. The number of nitrogens with zero attached hydrogens (tertiary/aromatic N) is 1. The predicted octanol–water partition coefficient (Wildman–Crippen LogP) is 3.40. The van der Waals surface area contributed by atoms with E-state index in [0.717, 1.165) is 17.8 Å². The van der Waals surface area contributed by atoms with E-state index in [0.29, 0.717) is 17.2 Å². The smallest absolute Gasteiger partial charge is 0.311 e. The maximum absolute atomic E-state index is 12.5. The van der Waals surface area contributed by atoms with E-state index in [-0.39, 0.29) is 23.7 Å². The topological polar surface area (TPSA) is 68.3 Å². The Balaban J connectivity index is 1.36. The van der Waals surface area contributed by atoms with Crippen molar-refractivity contribution in [1.29, 1.82) is 0 Å². The van der Waals surface area contributed by atoms with Crippen LogP contribution < -0.4 is 5.32 Å². The number of hydrogen-bond donors (Lipinski definition) is 1. The third-order valence-corrected chi connectivity index (χ3v) is 6.86. The Morgan fingerprint density at radius 1 is 1.25 bits per heavy atom. The van der Waals surface area contributed by atoms with Crippen molar-refractivity contribution >= 4 is 28.3 Å². The molecule has 4 saturated carbocycles. The fraction of sp³-hybridized carbons (Fsp3) is 0.722. The highest BCUT2D eigenvalue weighted by molar-refractivity contribution is 7.13. The average molecular weight is 348 g/mol. The van der Waals surface area contributed by atoms with E-state index in [1.165, 1.54) is 57.0 Å². The van der Waals surface area contributed by atoms with Crippen LogP contribution in [-0.4, -0.2) is 24.0 Å². The van der Waals surface area contributed by atoms with Crippen LogP contribution in [0.5, 0.6) is 0 Å². The lowest BCUT2D eigenvalue weighted by Gasteiger charge is -2.56. The molecule has 5 nitrogen and oxygen atoms in total. The van der Waals surface area contributed by atoms with Crippen LogP contribution in [0.15, 0.2) is 5.38 Å². The molecule has 1 N–H and O–H groups in total. The molecule has 4 aliphatic rings. The monoisotopic (exact) mass is 348 g/mol. The van der Waals surface area contributed by atoms with Crippen molar-refractivity contribution < 1.29 is 14.3 Å². The van der Waals surface area contributed by atoms with Gasteiger partial charge in [-0.15, -0.1) is 11.3 Å². The molecule has 130 valence electrons. The van der Waals surface area contributed by atoms with Crippen LogP contribution in [0, 0.1) is 23.2 Å². The van der Waals surface area contributed by atoms with E-state index in [4.69, 9.17) is 0 Å². The van der Waals surface area contributed by atoms with E-state index < -0.39 is 0 Å². The Morgan fingerprint density at radius 2 is 1.88 bits per heavy atom. The zero-order valence-electron chi connectivity index (χ0n) is 14.0. The Morgan fingerprint density at radius 3 is 2.46 bits per heavy atom. The third-order valence-electron chi connectivity index (χ3n) is 6.05. The van der Waals surface area contributed by atoms with Gasteiger partial charge < -0.3 is 10.1 Å². The molecule has 5 rings (SSSR count). The minimum atomic E-state index is -0.313. The SMILES string of the molecule is COC(=O)Cc1csc(NC(=O)CC23CC4CC(CC(C4)C2)C3)n1. The maximum atomic E-state index is 12.5. The van der Waals surface area contributed by atoms with Crippen molar-refractivity contribution in [2.75, 3.05) is 12.4 Å². The number of ether oxygens (including phenoxy) is 1. The van der Waals surface area contributed by atoms with Gasteiger partial charge in [-0.05, 0) is 61.7 Å². The molecule has 0 spiro atoms. The number of methoxy groups -OCH3 is 1. The summed E-state index contributed by atoms with van der Waals surface area (Å²) >= 11 is 1.37. The van der Waals surface area contributed by atoms with Crippen LogP contribution in [0.2, 0.25) is 0 Å². The van der Waals surface area contributed by atoms with Gasteiger partial charge >= 0.3 is 5.97 Å². The van der Waals surface area contributed by atoms with Crippen LogP contribution in [0.4, 0.5) is 5.13 Å². The summed E-state index contributed by atoms with van der Waals surface area (Å²) in [6.07, 6.45) is 8.66. The standard InChI is InChI=1S/C18H24N2O3S/c1-23-16(22)5-14-10-24-17(19-14)20-15(21)9-18-6-11-2-12(7-18)4-13(3-11)8-18/h10-13H,2-9H2,1H3,(H,19,20,21). The van der Waals surface area contributed by atoms with Crippen LogP contribution in [-0.2, 0) is 20.7 Å². The first-order valence-electron chi connectivity index (χ1n) is 8.85. The molecule has 0 unspecified atom stereocenters. The number of rotatable bonds is 5. The molecule has 1 heterocycles. The van der Waals surface area contributed by atoms with Crippen molar-refractivity contribution in [3.63, 3.8) is 0 Å². The quantitative estimate of drug-likeness (QED) is 0.828. The summed E-state index contributed by atoms with van der Waals surface area (Å²) < 4.78 is 4.64. The first-order chi connectivity index (χ1) is 11.5. The average Bonchev–Trinajstić information content (AvgIpc) is 2.91. The van der Waals surface area contributed by atoms with Crippen LogP contribution in [0.1, 0.15) is 50.6 Å². The van der Waals surface area contributed by atoms with E-state index in [1.807, 2.05) is 0 Å². The number of carbonyl (C=O) groups is 2. The molecule has 24 heavy (non-hydrogen) atoms. The van der Waals surface area contributed by atoms with Gasteiger partial charge in [0.15, 0.2) is 5.13 Å². The number of nitrogens with one attached hydrogen (secondary N) is 1. The van der Waals surface area contributed by atoms with E-state index in [1.54, 1.807) is 5.38 Å². The molecule has 4 aliphatic carbocycles. The van der Waals surface area contributed by atoms with Gasteiger partial charge in [0.1, 0.15) is 0 Å². The molecule has 1 aromatic rings. The molecular weight excluding hydrogens is 324 g/mol. The summed E-state index contributed by atoms with van der Waals surface area (Å²) in [4.78, 5) is 28.2. The molecule has 4 bridgehead atoms. The highest BCUT2D eigenvalue weighted by Gasteiger charge is 2.51. The molecule has 6 heteroatoms. The minimum absolute atomic E-state index is 0.0796. The summed E-state index contributed by atoms with van der Waals surface area (Å²) in [5, 5.41) is 5.33. The Kier molecular flexibility index (Phi) is 4.11. The normalized spacial score (nSPS) is 33.5. The summed E-state index contributed by atoms with van der Waals surface area (Å²) in [5.74, 6) is 2.34. The second-order valence-electron chi connectivity index (χ2n) is 8.04. The Hall–Kier alpha value is -1.43. The Bertz CT molecular complexity index is 619. The first kappa shape index (κ1) is 16.1. The van der Waals surface area contributed by atoms with Crippen LogP contribution in [0.25, 0.3) is 0 Å². The molecule has 4 fully saturated rings. The van der Waals surface area contributed by atoms with Gasteiger partial charge in [0.25, 0.3) is 0 Å². The van der Waals surface area contributed by atoms with Gasteiger partial charge in [-0.1, -0.05) is 0 Å². The number of thiazole rings is 1. The maximum Gasteiger partial charge on any atom is 0.311 e. The lowest BCUT2D eigenvalue weighted by Crippen LogP contribution is -2.47. The van der Waals surface area contributed by atoms with Gasteiger partial charge in [0.2, 0.25) is 5.91 Å². The molecule has 0 radical (unpaired) electrons. The number of hydrogen-bond acceptors (Lipinski definition) is 5. The highest BCUT2D eigenvalue weighted by Crippen LogP contribution is 2.61. The summed E-state index contributed by atoms with van der Waals surface area (Å²) in [5.41, 5.74) is 0.891. The second-order valence-corrected chi connectivity index (χ2v) is 8.90. The first-order valence-corrected chi connectivity index (χ1v) is 9.73. The second kappa shape index (κ2) is 6.14. The number of amides is 1. The number of esters is 1. The molecule has 0 atom stereocenters. The zero-order chi connectivity index (χ0) is 16.7. The van der Waals surface area contributed by atoms with Gasteiger partial charge in [-0.25, -0.2) is 4.98 Å². The van der Waals surface area contributed by atoms with E-state index in [9.17, 15) is 9.59 Å². The fourth-order valence-corrected chi connectivity index (χ4v) is 6.40. The van der Waals surface area contributed by atoms with Crippen molar-refractivity contribution in [1.82, 2.24) is 4.98 Å². The lowest BCUT2D eigenvalue weighted by atomic mass is 9.49.